The van der Waals surface area contributed by atoms with Gasteiger partial charge in [-0.3, -0.25) is 14.5 Å². The van der Waals surface area contributed by atoms with Crippen LogP contribution >= 0.6 is 11.8 Å². The highest BCUT2D eigenvalue weighted by molar-refractivity contribution is 8.15. The Morgan fingerprint density at radius 3 is 2.44 bits per heavy atom. The molecule has 2 aromatic rings. The Morgan fingerprint density at radius 1 is 1.12 bits per heavy atom. The van der Waals surface area contributed by atoms with Crippen molar-refractivity contribution in [3.8, 4) is 17.2 Å². The monoisotopic (exact) mass is 455 g/mol. The van der Waals surface area contributed by atoms with Crippen LogP contribution in [0.5, 0.6) is 17.2 Å². The van der Waals surface area contributed by atoms with E-state index in [9.17, 15) is 9.59 Å². The number of hydrogen-bond acceptors (Lipinski definition) is 7. The van der Waals surface area contributed by atoms with Crippen molar-refractivity contribution in [2.75, 3.05) is 33.2 Å². The first kappa shape index (κ1) is 23.2. The number of thioether (sulfide) groups is 1. The van der Waals surface area contributed by atoms with Crippen molar-refractivity contribution in [1.29, 1.82) is 0 Å². The van der Waals surface area contributed by atoms with Crippen molar-refractivity contribution in [3.05, 3.63) is 55.1 Å². The first-order valence-corrected chi connectivity index (χ1v) is 10.7. The molecule has 0 spiro atoms. The third-order valence-corrected chi connectivity index (χ3v) is 5.86. The number of rotatable bonds is 9. The van der Waals surface area contributed by atoms with Crippen molar-refractivity contribution < 1.29 is 23.8 Å². The fraction of sp³-hybridized carbons (Fsp3) is 0.261. The normalized spacial score (nSPS) is 16.7. The molecule has 8 nitrogen and oxygen atoms in total. The van der Waals surface area contributed by atoms with Gasteiger partial charge in [0, 0.05) is 19.0 Å². The van der Waals surface area contributed by atoms with Gasteiger partial charge in [0.2, 0.25) is 11.8 Å². The molecule has 0 aliphatic carbocycles. The molecule has 168 valence electrons. The van der Waals surface area contributed by atoms with E-state index in [1.807, 2.05) is 0 Å². The molecule has 2 aromatic carbocycles. The maximum Gasteiger partial charge on any atom is 0.242 e. The minimum atomic E-state index is -0.587. The van der Waals surface area contributed by atoms with Crippen LogP contribution in [0.3, 0.4) is 0 Å². The van der Waals surface area contributed by atoms with Crippen LogP contribution in [-0.2, 0) is 9.59 Å². The summed E-state index contributed by atoms with van der Waals surface area (Å²) in [5.74, 6) is 1.32. The third kappa shape index (κ3) is 5.42. The van der Waals surface area contributed by atoms with Crippen LogP contribution in [0.15, 0.2) is 60.1 Å². The second kappa shape index (κ2) is 10.7. The van der Waals surface area contributed by atoms with Crippen molar-refractivity contribution in [2.24, 2.45) is 4.99 Å². The second-order valence-corrected chi connectivity index (χ2v) is 7.92. The van der Waals surface area contributed by atoms with Crippen LogP contribution in [0, 0.1) is 0 Å². The van der Waals surface area contributed by atoms with Gasteiger partial charge in [0.25, 0.3) is 0 Å². The van der Waals surface area contributed by atoms with Gasteiger partial charge < -0.3 is 19.5 Å². The lowest BCUT2D eigenvalue weighted by Crippen LogP contribution is -2.33. The lowest BCUT2D eigenvalue weighted by molar-refractivity contribution is -0.127. The Morgan fingerprint density at radius 2 is 1.81 bits per heavy atom. The average molecular weight is 456 g/mol. The summed E-state index contributed by atoms with van der Waals surface area (Å²) in [6.07, 6.45) is 1.63. The van der Waals surface area contributed by atoms with Crippen molar-refractivity contribution in [3.63, 3.8) is 0 Å². The molecule has 1 aliphatic rings. The van der Waals surface area contributed by atoms with Crippen LogP contribution in [0.2, 0.25) is 0 Å². The molecule has 1 atom stereocenters. The molecule has 2 amide bonds. The number of ether oxygens (including phenoxy) is 3. The maximum absolute atomic E-state index is 12.9. The number of amides is 2. The highest BCUT2D eigenvalue weighted by Crippen LogP contribution is 2.33. The van der Waals surface area contributed by atoms with Gasteiger partial charge in [0.05, 0.1) is 32.7 Å². The molecule has 3 rings (SSSR count). The summed E-state index contributed by atoms with van der Waals surface area (Å²) in [6.45, 7) is 4.03. The zero-order valence-electron chi connectivity index (χ0n) is 18.2. The molecule has 1 fully saturated rings. The molecule has 32 heavy (non-hydrogen) atoms. The minimum absolute atomic E-state index is 0.00599. The smallest absolute Gasteiger partial charge is 0.242 e. The standard InChI is InChI=1S/C23H25N3O5S/c1-5-12-26-22(28)20(32-23(26)24-15-6-8-16(29-2)9-7-15)14-21(27)25-18-11-10-17(30-3)13-19(18)31-4/h5-11,13,20H,1,12,14H2,2-4H3,(H,25,27). The molecular weight excluding hydrogens is 430 g/mol. The fourth-order valence-electron chi connectivity index (χ4n) is 3.06. The van der Waals surface area contributed by atoms with Gasteiger partial charge in [-0.1, -0.05) is 17.8 Å². The molecule has 0 saturated carbocycles. The fourth-order valence-corrected chi connectivity index (χ4v) is 4.23. The van der Waals surface area contributed by atoms with Crippen LogP contribution in [-0.4, -0.2) is 55.0 Å². The van der Waals surface area contributed by atoms with Crippen molar-refractivity contribution in [2.45, 2.75) is 11.7 Å². The molecule has 0 radical (unpaired) electrons. The molecule has 0 bridgehead atoms. The highest BCUT2D eigenvalue weighted by atomic mass is 32.2. The molecule has 1 N–H and O–H groups in total. The molecule has 1 heterocycles. The predicted octanol–water partition coefficient (Wildman–Crippen LogP) is 3.86. The number of anilines is 1. The van der Waals surface area contributed by atoms with E-state index in [4.69, 9.17) is 14.2 Å². The van der Waals surface area contributed by atoms with Gasteiger partial charge in [-0.05, 0) is 36.4 Å². The lowest BCUT2D eigenvalue weighted by atomic mass is 10.2. The zero-order valence-corrected chi connectivity index (χ0v) is 19.0. The Hall–Kier alpha value is -3.46. The number of benzene rings is 2. The Kier molecular flexibility index (Phi) is 7.77. The summed E-state index contributed by atoms with van der Waals surface area (Å²) in [5, 5.41) is 2.75. The number of hydrogen-bond donors (Lipinski definition) is 1. The number of carbonyl (C=O) groups is 2. The molecule has 9 heteroatoms. The Balaban J connectivity index is 1.73. The molecular formula is C23H25N3O5S. The predicted molar refractivity (Wildman–Crippen MR) is 126 cm³/mol. The van der Waals surface area contributed by atoms with Crippen LogP contribution in [0.1, 0.15) is 6.42 Å². The number of aliphatic imine (C=N–C) groups is 1. The third-order valence-electron chi connectivity index (χ3n) is 4.68. The second-order valence-electron chi connectivity index (χ2n) is 6.75. The zero-order chi connectivity index (χ0) is 23.1. The van der Waals surface area contributed by atoms with E-state index in [1.165, 1.54) is 23.8 Å². The summed E-state index contributed by atoms with van der Waals surface area (Å²) in [4.78, 5) is 31.7. The molecule has 0 aromatic heterocycles. The first-order chi connectivity index (χ1) is 15.5. The van der Waals surface area contributed by atoms with E-state index in [0.717, 1.165) is 5.75 Å². The van der Waals surface area contributed by atoms with E-state index >= 15 is 0 Å². The number of nitrogens with zero attached hydrogens (tertiary/aromatic N) is 2. The largest absolute Gasteiger partial charge is 0.497 e. The van der Waals surface area contributed by atoms with E-state index in [0.29, 0.717) is 34.6 Å². The van der Waals surface area contributed by atoms with Gasteiger partial charge in [-0.2, -0.15) is 0 Å². The number of amidine groups is 1. The topological polar surface area (TPSA) is 89.5 Å². The van der Waals surface area contributed by atoms with Gasteiger partial charge in [0.1, 0.15) is 22.5 Å². The summed E-state index contributed by atoms with van der Waals surface area (Å²) >= 11 is 1.26. The van der Waals surface area contributed by atoms with Crippen molar-refractivity contribution >= 4 is 40.1 Å². The van der Waals surface area contributed by atoms with Gasteiger partial charge >= 0.3 is 0 Å². The van der Waals surface area contributed by atoms with E-state index in [1.54, 1.807) is 62.8 Å². The minimum Gasteiger partial charge on any atom is -0.497 e. The van der Waals surface area contributed by atoms with Crippen LogP contribution < -0.4 is 19.5 Å². The van der Waals surface area contributed by atoms with Gasteiger partial charge in [-0.25, -0.2) is 4.99 Å². The molecule has 1 unspecified atom stereocenters. The maximum atomic E-state index is 12.9. The van der Waals surface area contributed by atoms with Gasteiger partial charge in [0.15, 0.2) is 5.17 Å². The van der Waals surface area contributed by atoms with E-state index in [-0.39, 0.29) is 18.2 Å². The average Bonchev–Trinajstić information content (AvgIpc) is 3.08. The number of nitrogens with one attached hydrogen (secondary N) is 1. The Bertz CT molecular complexity index is 1020. The summed E-state index contributed by atoms with van der Waals surface area (Å²) in [7, 11) is 4.65. The highest BCUT2D eigenvalue weighted by Gasteiger charge is 2.38. The van der Waals surface area contributed by atoms with E-state index < -0.39 is 5.25 Å². The van der Waals surface area contributed by atoms with Crippen molar-refractivity contribution in [1.82, 2.24) is 4.90 Å². The number of carbonyl (C=O) groups excluding carboxylic acids is 2. The summed E-state index contributed by atoms with van der Waals surface area (Å²) < 4.78 is 15.6. The van der Waals surface area contributed by atoms with Crippen LogP contribution in [0.25, 0.3) is 0 Å². The quantitative estimate of drug-likeness (QED) is 0.578. The summed E-state index contributed by atoms with van der Waals surface area (Å²) in [5.41, 5.74) is 1.19. The number of methoxy groups -OCH3 is 3. The SMILES string of the molecule is C=CCN1C(=O)C(CC(=O)Nc2ccc(OC)cc2OC)SC1=Nc1ccc(OC)cc1. The summed E-state index contributed by atoms with van der Waals surface area (Å²) in [6, 6.07) is 12.3. The van der Waals surface area contributed by atoms with E-state index in [2.05, 4.69) is 16.9 Å². The molecule has 1 saturated heterocycles. The Labute approximate surface area is 191 Å². The molecule has 1 aliphatic heterocycles. The van der Waals surface area contributed by atoms with Gasteiger partial charge in [-0.15, -0.1) is 6.58 Å². The first-order valence-electron chi connectivity index (χ1n) is 9.82. The van der Waals surface area contributed by atoms with Crippen LogP contribution in [0.4, 0.5) is 11.4 Å². The lowest BCUT2D eigenvalue weighted by Gasteiger charge is -2.14.